The number of nitrogens with zero attached hydrogens (tertiary/aromatic N) is 3. The molecule has 0 aliphatic carbocycles. The summed E-state index contributed by atoms with van der Waals surface area (Å²) in [6, 6.07) is 10.5. The zero-order valence-corrected chi connectivity index (χ0v) is 16.4. The molecule has 0 saturated carbocycles. The minimum Gasteiger partial charge on any atom is -0.486 e. The van der Waals surface area contributed by atoms with E-state index in [0.717, 1.165) is 33.4 Å². The summed E-state index contributed by atoms with van der Waals surface area (Å²) in [6.07, 6.45) is 0. The highest BCUT2D eigenvalue weighted by Gasteiger charge is 2.11. The SMILES string of the molecule is Cc1cc(C)cc(OCc2nnc(SCc3ccc(F)cc3Cl)n2C)c1. The molecule has 7 heteroatoms. The summed E-state index contributed by atoms with van der Waals surface area (Å²) in [4.78, 5) is 0. The van der Waals surface area contributed by atoms with Gasteiger partial charge in [0.2, 0.25) is 0 Å². The van der Waals surface area contributed by atoms with Gasteiger partial charge in [-0.15, -0.1) is 10.2 Å². The molecule has 3 aromatic rings. The van der Waals surface area contributed by atoms with Gasteiger partial charge < -0.3 is 9.30 Å². The number of hydrogen-bond acceptors (Lipinski definition) is 4. The molecule has 4 nitrogen and oxygen atoms in total. The van der Waals surface area contributed by atoms with Crippen molar-refractivity contribution >= 4 is 23.4 Å². The van der Waals surface area contributed by atoms with E-state index in [1.54, 1.807) is 6.07 Å². The van der Waals surface area contributed by atoms with Crippen LogP contribution in [0.15, 0.2) is 41.6 Å². The first-order chi connectivity index (χ1) is 12.4. The standard InChI is InChI=1S/C19H19ClFN3OS/c1-12-6-13(2)8-16(7-12)25-10-18-22-23-19(24(18)3)26-11-14-4-5-15(21)9-17(14)20/h4-9H,10-11H2,1-3H3. The molecule has 0 aliphatic heterocycles. The quantitative estimate of drug-likeness (QED) is 0.548. The second kappa shape index (κ2) is 8.10. The summed E-state index contributed by atoms with van der Waals surface area (Å²) in [7, 11) is 1.90. The number of benzene rings is 2. The van der Waals surface area contributed by atoms with E-state index in [-0.39, 0.29) is 5.82 Å². The second-order valence-corrected chi connectivity index (χ2v) is 7.44. The lowest BCUT2D eigenvalue weighted by Crippen LogP contribution is -2.04. The van der Waals surface area contributed by atoms with Gasteiger partial charge in [0.05, 0.1) is 0 Å². The molecule has 1 aromatic heterocycles. The van der Waals surface area contributed by atoms with Gasteiger partial charge in [-0.1, -0.05) is 35.5 Å². The number of aromatic nitrogens is 3. The Labute approximate surface area is 161 Å². The number of thioether (sulfide) groups is 1. The van der Waals surface area contributed by atoms with Gasteiger partial charge in [0.1, 0.15) is 18.2 Å². The van der Waals surface area contributed by atoms with E-state index in [2.05, 4.69) is 16.3 Å². The maximum atomic E-state index is 13.1. The monoisotopic (exact) mass is 391 g/mol. The van der Waals surface area contributed by atoms with E-state index in [4.69, 9.17) is 16.3 Å². The van der Waals surface area contributed by atoms with Crippen molar-refractivity contribution in [2.75, 3.05) is 0 Å². The van der Waals surface area contributed by atoms with Crippen molar-refractivity contribution in [3.63, 3.8) is 0 Å². The van der Waals surface area contributed by atoms with E-state index < -0.39 is 0 Å². The Morgan fingerprint density at radius 1 is 1.12 bits per heavy atom. The van der Waals surface area contributed by atoms with Crippen molar-refractivity contribution in [1.29, 1.82) is 0 Å². The molecule has 3 rings (SSSR count). The van der Waals surface area contributed by atoms with Crippen LogP contribution in [0.1, 0.15) is 22.5 Å². The first kappa shape index (κ1) is 18.7. The minimum absolute atomic E-state index is 0.338. The van der Waals surface area contributed by atoms with Gasteiger partial charge in [-0.05, 0) is 54.8 Å². The van der Waals surface area contributed by atoms with E-state index >= 15 is 0 Å². The van der Waals surface area contributed by atoms with Crippen LogP contribution in [0.2, 0.25) is 5.02 Å². The fourth-order valence-corrected chi connectivity index (χ4v) is 3.79. The number of hydrogen-bond donors (Lipinski definition) is 0. The molecule has 136 valence electrons. The van der Waals surface area contributed by atoms with Gasteiger partial charge in [-0.2, -0.15) is 0 Å². The van der Waals surface area contributed by atoms with Crippen LogP contribution in [0, 0.1) is 19.7 Å². The maximum absolute atomic E-state index is 13.1. The van der Waals surface area contributed by atoms with Gasteiger partial charge in [0.25, 0.3) is 0 Å². The van der Waals surface area contributed by atoms with Crippen molar-refractivity contribution in [2.24, 2.45) is 7.05 Å². The summed E-state index contributed by atoms with van der Waals surface area (Å²) in [6.45, 7) is 4.42. The van der Waals surface area contributed by atoms with Crippen LogP contribution in [0.5, 0.6) is 5.75 Å². The Morgan fingerprint density at radius 2 is 1.85 bits per heavy atom. The van der Waals surface area contributed by atoms with Crippen LogP contribution in [-0.4, -0.2) is 14.8 Å². The zero-order valence-electron chi connectivity index (χ0n) is 14.8. The van der Waals surface area contributed by atoms with Gasteiger partial charge in [-0.3, -0.25) is 0 Å². The summed E-state index contributed by atoms with van der Waals surface area (Å²) in [5.74, 6) is 1.80. The Balaban J connectivity index is 1.64. The third-order valence-electron chi connectivity index (χ3n) is 3.86. The average molecular weight is 392 g/mol. The van der Waals surface area contributed by atoms with Crippen molar-refractivity contribution in [3.8, 4) is 5.75 Å². The first-order valence-corrected chi connectivity index (χ1v) is 9.45. The summed E-state index contributed by atoms with van der Waals surface area (Å²) in [5.41, 5.74) is 3.17. The molecule has 2 aromatic carbocycles. The van der Waals surface area contributed by atoms with E-state index in [9.17, 15) is 4.39 Å². The summed E-state index contributed by atoms with van der Waals surface area (Å²) < 4.78 is 20.9. The highest BCUT2D eigenvalue weighted by Crippen LogP contribution is 2.26. The molecule has 0 atom stereocenters. The van der Waals surface area contributed by atoms with Crippen LogP contribution in [0.3, 0.4) is 0 Å². The second-order valence-electron chi connectivity index (χ2n) is 6.09. The average Bonchev–Trinajstić information content (AvgIpc) is 2.91. The van der Waals surface area contributed by atoms with Crippen molar-refractivity contribution in [2.45, 2.75) is 31.4 Å². The zero-order chi connectivity index (χ0) is 18.7. The number of ether oxygens (including phenoxy) is 1. The van der Waals surface area contributed by atoms with Gasteiger partial charge >= 0.3 is 0 Å². The van der Waals surface area contributed by atoms with Crippen molar-refractivity contribution < 1.29 is 9.13 Å². The Kier molecular flexibility index (Phi) is 5.84. The molecular formula is C19H19ClFN3OS. The lowest BCUT2D eigenvalue weighted by Gasteiger charge is -2.08. The fraction of sp³-hybridized carbons (Fsp3) is 0.263. The summed E-state index contributed by atoms with van der Waals surface area (Å²) in [5, 5.41) is 9.57. The molecule has 0 spiro atoms. The molecular weight excluding hydrogens is 373 g/mol. The molecule has 1 heterocycles. The molecule has 0 saturated heterocycles. The lowest BCUT2D eigenvalue weighted by atomic mass is 10.1. The molecule has 0 bridgehead atoms. The van der Waals surface area contributed by atoms with Gasteiger partial charge in [0.15, 0.2) is 11.0 Å². The molecule has 0 unspecified atom stereocenters. The van der Waals surface area contributed by atoms with Crippen LogP contribution < -0.4 is 4.74 Å². The van der Waals surface area contributed by atoms with Crippen LogP contribution in [0.4, 0.5) is 4.39 Å². The van der Waals surface area contributed by atoms with Crippen LogP contribution in [0.25, 0.3) is 0 Å². The van der Waals surface area contributed by atoms with Gasteiger partial charge in [-0.25, -0.2) is 4.39 Å². The van der Waals surface area contributed by atoms with Gasteiger partial charge in [0, 0.05) is 17.8 Å². The number of aryl methyl sites for hydroxylation is 2. The highest BCUT2D eigenvalue weighted by molar-refractivity contribution is 7.98. The topological polar surface area (TPSA) is 39.9 Å². The fourth-order valence-electron chi connectivity index (χ4n) is 2.54. The molecule has 0 radical (unpaired) electrons. The largest absolute Gasteiger partial charge is 0.486 e. The predicted octanol–water partition coefficient (Wildman–Crippen LogP) is 5.10. The lowest BCUT2D eigenvalue weighted by molar-refractivity contribution is 0.290. The Bertz CT molecular complexity index is 909. The normalized spacial score (nSPS) is 11.0. The van der Waals surface area contributed by atoms with Crippen LogP contribution >= 0.6 is 23.4 Å². The summed E-state index contributed by atoms with van der Waals surface area (Å²) >= 11 is 7.56. The van der Waals surface area contributed by atoms with Crippen molar-refractivity contribution in [3.05, 3.63) is 69.8 Å². The Hall–Kier alpha value is -2.05. The smallest absolute Gasteiger partial charge is 0.191 e. The highest BCUT2D eigenvalue weighted by atomic mass is 35.5. The minimum atomic E-state index is -0.340. The van der Waals surface area contributed by atoms with E-state index in [1.165, 1.54) is 23.9 Å². The van der Waals surface area contributed by atoms with E-state index in [1.807, 2.05) is 37.6 Å². The number of rotatable bonds is 6. The third kappa shape index (κ3) is 4.56. The molecule has 0 N–H and O–H groups in total. The Morgan fingerprint density at radius 3 is 2.54 bits per heavy atom. The molecule has 0 fully saturated rings. The molecule has 26 heavy (non-hydrogen) atoms. The number of halogens is 2. The third-order valence-corrected chi connectivity index (χ3v) is 5.28. The maximum Gasteiger partial charge on any atom is 0.191 e. The van der Waals surface area contributed by atoms with Crippen molar-refractivity contribution in [1.82, 2.24) is 14.8 Å². The van der Waals surface area contributed by atoms with Crippen LogP contribution in [-0.2, 0) is 19.4 Å². The predicted molar refractivity (Wildman–Crippen MR) is 102 cm³/mol. The molecule has 0 amide bonds. The molecule has 0 aliphatic rings. The van der Waals surface area contributed by atoms with E-state index in [0.29, 0.717) is 17.4 Å². The first-order valence-electron chi connectivity index (χ1n) is 8.08.